The first-order valence-corrected chi connectivity index (χ1v) is 6.12. The van der Waals surface area contributed by atoms with E-state index in [0.717, 1.165) is 10.1 Å². The summed E-state index contributed by atoms with van der Waals surface area (Å²) in [5, 5.41) is 3.52. The van der Waals surface area contributed by atoms with Gasteiger partial charge in [-0.05, 0) is 36.6 Å². The Morgan fingerprint density at radius 3 is 2.89 bits per heavy atom. The second kappa shape index (κ2) is 6.13. The minimum absolute atomic E-state index is 0. The molecule has 2 rings (SSSR count). The number of nitrogens with one attached hydrogen (secondary N) is 1. The van der Waals surface area contributed by atoms with Crippen molar-refractivity contribution in [2.75, 3.05) is 6.54 Å². The van der Waals surface area contributed by atoms with E-state index in [1.165, 1.54) is 23.5 Å². The number of carbonyl (C=O) groups is 1. The lowest BCUT2D eigenvalue weighted by Gasteiger charge is -2.09. The van der Waals surface area contributed by atoms with E-state index in [4.69, 9.17) is 5.73 Å². The van der Waals surface area contributed by atoms with Crippen molar-refractivity contribution in [1.82, 2.24) is 5.32 Å². The fraction of sp³-hybridized carbons (Fsp3) is 0.250. The molecular formula is C12H14ClFN2OS. The Balaban J connectivity index is 0.00000162. The predicted octanol–water partition coefficient (Wildman–Crippen LogP) is 2.54. The molecule has 1 atom stereocenters. The van der Waals surface area contributed by atoms with Crippen LogP contribution < -0.4 is 11.1 Å². The number of rotatable bonds is 3. The largest absolute Gasteiger partial charge is 0.348 e. The van der Waals surface area contributed by atoms with E-state index in [2.05, 4.69) is 5.32 Å². The highest BCUT2D eigenvalue weighted by Crippen LogP contribution is 2.26. The van der Waals surface area contributed by atoms with Crippen molar-refractivity contribution in [1.29, 1.82) is 0 Å². The van der Waals surface area contributed by atoms with E-state index in [9.17, 15) is 9.18 Å². The molecule has 0 bridgehead atoms. The molecule has 1 heterocycles. The maximum Gasteiger partial charge on any atom is 0.261 e. The summed E-state index contributed by atoms with van der Waals surface area (Å²) < 4.78 is 13.9. The number of thiophene rings is 1. The van der Waals surface area contributed by atoms with E-state index in [0.29, 0.717) is 11.4 Å². The highest BCUT2D eigenvalue weighted by atomic mass is 35.5. The predicted molar refractivity (Wildman–Crippen MR) is 75.0 cm³/mol. The van der Waals surface area contributed by atoms with E-state index < -0.39 is 0 Å². The number of amides is 1. The molecule has 1 amide bonds. The standard InChI is InChI=1S/C12H13FN2OS.ClH/c1-7(6-14)15-12(16)11-5-8-4-9(13)2-3-10(8)17-11;/h2-5,7H,6,14H2,1H3,(H,15,16);1H/t7-;/m0./s1. The molecule has 2 aromatic rings. The summed E-state index contributed by atoms with van der Waals surface area (Å²) in [6.07, 6.45) is 0. The number of nitrogens with two attached hydrogens (primary N) is 1. The minimum Gasteiger partial charge on any atom is -0.348 e. The third-order valence-corrected chi connectivity index (χ3v) is 3.55. The SMILES string of the molecule is C[C@@H](CN)NC(=O)c1cc2cc(F)ccc2s1.Cl. The zero-order valence-electron chi connectivity index (χ0n) is 9.77. The molecule has 1 aromatic heterocycles. The number of hydrogen-bond acceptors (Lipinski definition) is 3. The van der Waals surface area contributed by atoms with Crippen LogP contribution in [-0.4, -0.2) is 18.5 Å². The molecule has 0 unspecified atom stereocenters. The molecule has 0 aliphatic carbocycles. The molecule has 0 aliphatic rings. The highest BCUT2D eigenvalue weighted by Gasteiger charge is 2.12. The Labute approximate surface area is 115 Å². The molecule has 0 aliphatic heterocycles. The smallest absolute Gasteiger partial charge is 0.261 e. The number of benzene rings is 1. The highest BCUT2D eigenvalue weighted by molar-refractivity contribution is 7.20. The summed E-state index contributed by atoms with van der Waals surface area (Å²) >= 11 is 1.35. The lowest BCUT2D eigenvalue weighted by atomic mass is 10.2. The van der Waals surface area contributed by atoms with Gasteiger partial charge in [-0.2, -0.15) is 0 Å². The Hall–Kier alpha value is -1.17. The van der Waals surface area contributed by atoms with Crippen LogP contribution in [0, 0.1) is 5.82 Å². The van der Waals surface area contributed by atoms with Gasteiger partial charge in [-0.25, -0.2) is 4.39 Å². The maximum atomic E-state index is 13.0. The first-order valence-electron chi connectivity index (χ1n) is 5.30. The molecule has 0 saturated heterocycles. The van der Waals surface area contributed by atoms with Crippen LogP contribution in [0.4, 0.5) is 4.39 Å². The van der Waals surface area contributed by atoms with Gasteiger partial charge in [-0.1, -0.05) is 0 Å². The van der Waals surface area contributed by atoms with E-state index in [1.54, 1.807) is 12.1 Å². The van der Waals surface area contributed by atoms with Crippen molar-refractivity contribution in [2.45, 2.75) is 13.0 Å². The summed E-state index contributed by atoms with van der Waals surface area (Å²) in [6, 6.07) is 6.13. The molecule has 3 N–H and O–H groups in total. The van der Waals surface area contributed by atoms with Gasteiger partial charge in [0, 0.05) is 17.3 Å². The van der Waals surface area contributed by atoms with Crippen molar-refractivity contribution in [3.8, 4) is 0 Å². The Morgan fingerprint density at radius 1 is 1.50 bits per heavy atom. The van der Waals surface area contributed by atoms with Crippen LogP contribution in [0.25, 0.3) is 10.1 Å². The number of halogens is 2. The van der Waals surface area contributed by atoms with Crippen LogP contribution >= 0.6 is 23.7 Å². The van der Waals surface area contributed by atoms with Gasteiger partial charge >= 0.3 is 0 Å². The topological polar surface area (TPSA) is 55.1 Å². The molecule has 98 valence electrons. The molecule has 18 heavy (non-hydrogen) atoms. The van der Waals surface area contributed by atoms with Gasteiger partial charge < -0.3 is 11.1 Å². The summed E-state index contributed by atoms with van der Waals surface area (Å²) in [7, 11) is 0. The summed E-state index contributed by atoms with van der Waals surface area (Å²) in [4.78, 5) is 12.4. The van der Waals surface area contributed by atoms with Gasteiger partial charge in [-0.15, -0.1) is 23.7 Å². The van der Waals surface area contributed by atoms with Crippen molar-refractivity contribution < 1.29 is 9.18 Å². The lowest BCUT2D eigenvalue weighted by Crippen LogP contribution is -2.37. The zero-order valence-corrected chi connectivity index (χ0v) is 11.4. The van der Waals surface area contributed by atoms with E-state index >= 15 is 0 Å². The fourth-order valence-corrected chi connectivity index (χ4v) is 2.43. The Bertz CT molecular complexity index is 558. The zero-order chi connectivity index (χ0) is 12.4. The first-order chi connectivity index (χ1) is 8.10. The van der Waals surface area contributed by atoms with Crippen molar-refractivity contribution >= 4 is 39.7 Å². The van der Waals surface area contributed by atoms with Gasteiger partial charge in [0.1, 0.15) is 5.82 Å². The lowest BCUT2D eigenvalue weighted by molar-refractivity contribution is 0.0945. The Morgan fingerprint density at radius 2 is 2.22 bits per heavy atom. The van der Waals surface area contributed by atoms with Crippen molar-refractivity contribution in [2.24, 2.45) is 5.73 Å². The maximum absolute atomic E-state index is 13.0. The second-order valence-corrected chi connectivity index (χ2v) is 4.99. The van der Waals surface area contributed by atoms with Crippen LogP contribution in [0.5, 0.6) is 0 Å². The molecule has 0 radical (unpaired) electrons. The number of fused-ring (bicyclic) bond motifs is 1. The third-order valence-electron chi connectivity index (χ3n) is 2.43. The average Bonchev–Trinajstić information content (AvgIpc) is 2.71. The summed E-state index contributed by atoms with van der Waals surface area (Å²) in [5.41, 5.74) is 5.43. The van der Waals surface area contributed by atoms with Gasteiger partial charge in [-0.3, -0.25) is 4.79 Å². The third kappa shape index (κ3) is 3.19. The molecule has 1 aromatic carbocycles. The average molecular weight is 289 g/mol. The Kier molecular flexibility index (Phi) is 5.07. The number of hydrogen-bond donors (Lipinski definition) is 2. The summed E-state index contributed by atoms with van der Waals surface area (Å²) in [5.74, 6) is -0.456. The molecule has 3 nitrogen and oxygen atoms in total. The van der Waals surface area contributed by atoms with Crippen LogP contribution in [0.3, 0.4) is 0 Å². The molecule has 6 heteroatoms. The normalized spacial score (nSPS) is 11.9. The molecular weight excluding hydrogens is 275 g/mol. The van der Waals surface area contributed by atoms with Crippen LogP contribution in [0.1, 0.15) is 16.6 Å². The van der Waals surface area contributed by atoms with Crippen molar-refractivity contribution in [3.63, 3.8) is 0 Å². The van der Waals surface area contributed by atoms with Gasteiger partial charge in [0.2, 0.25) is 0 Å². The van der Waals surface area contributed by atoms with Crippen LogP contribution in [0.15, 0.2) is 24.3 Å². The van der Waals surface area contributed by atoms with Crippen LogP contribution in [0.2, 0.25) is 0 Å². The van der Waals surface area contributed by atoms with Crippen molar-refractivity contribution in [3.05, 3.63) is 35.0 Å². The van der Waals surface area contributed by atoms with Gasteiger partial charge in [0.05, 0.1) is 4.88 Å². The quantitative estimate of drug-likeness (QED) is 0.912. The molecule has 0 saturated carbocycles. The number of carbonyl (C=O) groups excluding carboxylic acids is 1. The van der Waals surface area contributed by atoms with Gasteiger partial charge in [0.15, 0.2) is 0 Å². The van der Waals surface area contributed by atoms with E-state index in [1.807, 2.05) is 6.92 Å². The fourth-order valence-electron chi connectivity index (χ4n) is 1.48. The van der Waals surface area contributed by atoms with E-state index in [-0.39, 0.29) is 30.2 Å². The van der Waals surface area contributed by atoms with Gasteiger partial charge in [0.25, 0.3) is 5.91 Å². The summed E-state index contributed by atoms with van der Waals surface area (Å²) in [6.45, 7) is 2.23. The monoisotopic (exact) mass is 288 g/mol. The second-order valence-electron chi connectivity index (χ2n) is 3.90. The van der Waals surface area contributed by atoms with Crippen LogP contribution in [-0.2, 0) is 0 Å². The minimum atomic E-state index is -0.294. The first kappa shape index (κ1) is 14.9. The molecule has 0 fully saturated rings. The molecule has 0 spiro atoms.